The average molecular weight is 511 g/mol. The van der Waals surface area contributed by atoms with Crippen molar-refractivity contribution in [1.82, 2.24) is 0 Å². The third-order valence-corrected chi connectivity index (χ3v) is 7.24. The minimum atomic E-state index is -0.0600. The van der Waals surface area contributed by atoms with Crippen LogP contribution >= 0.6 is 0 Å². The van der Waals surface area contributed by atoms with Crippen LogP contribution in [0.1, 0.15) is 188 Å². The number of imide groups is 1. The van der Waals surface area contributed by atoms with Crippen LogP contribution in [0.2, 0.25) is 0 Å². The fraction of sp³-hybridized carbons (Fsp3) is 0.939. The summed E-state index contributed by atoms with van der Waals surface area (Å²) in [5.41, 5.74) is 0. The van der Waals surface area contributed by atoms with Gasteiger partial charge in [0.05, 0.1) is 26.9 Å². The lowest BCUT2D eigenvalue weighted by Gasteiger charge is -2.24. The van der Waals surface area contributed by atoms with Crippen molar-refractivity contribution in [3.63, 3.8) is 0 Å². The second-order valence-corrected chi connectivity index (χ2v) is 11.5. The predicted molar refractivity (Wildman–Crippen MR) is 160 cm³/mol. The van der Waals surface area contributed by atoms with E-state index in [1.807, 2.05) is 0 Å². The Kier molecular flexibility index (Phi) is 30.0. The largest absolute Gasteiger partial charge is 0.320 e. The Morgan fingerprint density at radius 3 is 0.806 bits per heavy atom. The summed E-state index contributed by atoms with van der Waals surface area (Å²) in [5, 5.41) is 0. The molecule has 0 aliphatic rings. The van der Waals surface area contributed by atoms with Gasteiger partial charge in [0.1, 0.15) is 0 Å². The molecule has 0 spiro atoms. The predicted octanol–water partition coefficient (Wildman–Crippen LogP) is 10.9. The summed E-state index contributed by atoms with van der Waals surface area (Å²) in [7, 11) is 3.59. The highest BCUT2D eigenvalue weighted by Crippen LogP contribution is 2.16. The Balaban J connectivity index is 0. The average Bonchev–Trinajstić information content (AvgIpc) is 2.86. The van der Waals surface area contributed by atoms with Gasteiger partial charge in [-0.2, -0.15) is 0 Å². The molecule has 0 saturated heterocycles. The SMILES string of the molecule is CCC.CCCCCCCCCCCCCC(=O)[N+](C)(C)C(=O)CCCCCCCCCCCCC. The summed E-state index contributed by atoms with van der Waals surface area (Å²) in [4.78, 5) is 25.2. The minimum absolute atomic E-state index is 0.0600. The van der Waals surface area contributed by atoms with Gasteiger partial charge in [0.2, 0.25) is 0 Å². The quantitative estimate of drug-likeness (QED) is 0.0955. The van der Waals surface area contributed by atoms with E-state index in [1.165, 1.54) is 122 Å². The topological polar surface area (TPSA) is 34.1 Å². The normalized spacial score (nSPS) is 11.3. The van der Waals surface area contributed by atoms with Gasteiger partial charge in [-0.05, 0) is 12.8 Å². The monoisotopic (exact) mass is 511 g/mol. The summed E-state index contributed by atoms with van der Waals surface area (Å²) in [6.45, 7) is 8.78. The minimum Gasteiger partial charge on any atom is -0.230 e. The van der Waals surface area contributed by atoms with E-state index in [-0.39, 0.29) is 16.3 Å². The molecule has 0 atom stereocenters. The lowest BCUT2D eigenvalue weighted by Crippen LogP contribution is -2.50. The standard InChI is InChI=1S/C30H60NO2.C3H8/c1-5-7-9-11-13-15-17-19-21-23-25-27-29(32)31(3,4)30(33)28-26-24-22-20-18-16-14-12-10-8-6-2;1-3-2/h5-28H2,1-4H3;3H2,1-2H3/q+1;. The van der Waals surface area contributed by atoms with E-state index < -0.39 is 0 Å². The van der Waals surface area contributed by atoms with E-state index in [9.17, 15) is 9.59 Å². The number of quaternary nitrogens is 1. The summed E-state index contributed by atoms with van der Waals surface area (Å²) in [6, 6.07) is 0. The Labute approximate surface area is 228 Å². The number of unbranched alkanes of at least 4 members (excludes halogenated alkanes) is 20. The highest BCUT2D eigenvalue weighted by Gasteiger charge is 2.33. The van der Waals surface area contributed by atoms with Crippen molar-refractivity contribution >= 4 is 11.8 Å². The third-order valence-electron chi connectivity index (χ3n) is 7.24. The number of amides is 2. The first-order valence-corrected chi connectivity index (χ1v) is 16.3. The second kappa shape index (κ2) is 28.9. The van der Waals surface area contributed by atoms with Crippen molar-refractivity contribution in [1.29, 1.82) is 0 Å². The molecule has 3 nitrogen and oxygen atoms in total. The van der Waals surface area contributed by atoms with Crippen LogP contribution in [0.25, 0.3) is 0 Å². The number of rotatable bonds is 24. The molecule has 36 heavy (non-hydrogen) atoms. The van der Waals surface area contributed by atoms with Crippen LogP contribution in [0.4, 0.5) is 0 Å². The van der Waals surface area contributed by atoms with Gasteiger partial charge < -0.3 is 0 Å². The number of carbonyl (C=O) groups is 2. The van der Waals surface area contributed by atoms with Gasteiger partial charge in [0, 0.05) is 0 Å². The van der Waals surface area contributed by atoms with Crippen molar-refractivity contribution in [2.24, 2.45) is 0 Å². The molecule has 3 heteroatoms. The molecule has 0 aromatic heterocycles. The van der Waals surface area contributed by atoms with Gasteiger partial charge in [0.25, 0.3) is 0 Å². The van der Waals surface area contributed by atoms with E-state index in [4.69, 9.17) is 0 Å². The molecule has 0 aliphatic carbocycles. The Hall–Kier alpha value is -0.700. The zero-order valence-corrected chi connectivity index (χ0v) is 25.9. The van der Waals surface area contributed by atoms with Gasteiger partial charge in [-0.3, -0.25) is 0 Å². The summed E-state index contributed by atoms with van der Waals surface area (Å²) >= 11 is 0. The number of hydrogen-bond acceptors (Lipinski definition) is 2. The first-order valence-electron chi connectivity index (χ1n) is 16.3. The highest BCUT2D eigenvalue weighted by molar-refractivity contribution is 5.84. The van der Waals surface area contributed by atoms with Crippen molar-refractivity contribution in [3.8, 4) is 0 Å². The van der Waals surface area contributed by atoms with Gasteiger partial charge in [-0.1, -0.05) is 163 Å². The summed E-state index contributed by atoms with van der Waals surface area (Å²) in [6.07, 6.45) is 30.6. The van der Waals surface area contributed by atoms with Gasteiger partial charge in [-0.25, -0.2) is 14.1 Å². The number of carbonyl (C=O) groups excluding carboxylic acids is 2. The maximum atomic E-state index is 12.6. The summed E-state index contributed by atoms with van der Waals surface area (Å²) in [5.74, 6) is 0.193. The Bertz CT molecular complexity index is 432. The Morgan fingerprint density at radius 1 is 0.389 bits per heavy atom. The van der Waals surface area contributed by atoms with E-state index in [1.54, 1.807) is 14.1 Å². The molecular formula is C33H68NO2+. The van der Waals surface area contributed by atoms with Crippen LogP contribution in [0.5, 0.6) is 0 Å². The smallest absolute Gasteiger partial charge is 0.230 e. The Morgan fingerprint density at radius 2 is 0.583 bits per heavy atom. The van der Waals surface area contributed by atoms with E-state index in [2.05, 4.69) is 27.7 Å². The van der Waals surface area contributed by atoms with Gasteiger partial charge >= 0.3 is 11.8 Å². The molecule has 0 aromatic rings. The fourth-order valence-electron chi connectivity index (χ4n) is 4.58. The first kappa shape index (κ1) is 37.5. The van der Waals surface area contributed by atoms with Crippen molar-refractivity contribution in [3.05, 3.63) is 0 Å². The highest BCUT2D eigenvalue weighted by atomic mass is 16.2. The fourth-order valence-corrected chi connectivity index (χ4v) is 4.58. The molecule has 0 aliphatic heterocycles. The molecule has 0 fully saturated rings. The van der Waals surface area contributed by atoms with Crippen LogP contribution in [0, 0.1) is 0 Å². The van der Waals surface area contributed by atoms with Crippen LogP contribution in [0.3, 0.4) is 0 Å². The molecule has 2 amide bonds. The van der Waals surface area contributed by atoms with Crippen molar-refractivity contribution in [2.75, 3.05) is 14.1 Å². The molecule has 0 aromatic carbocycles. The van der Waals surface area contributed by atoms with Crippen LogP contribution < -0.4 is 0 Å². The molecule has 0 N–H and O–H groups in total. The van der Waals surface area contributed by atoms with Crippen molar-refractivity contribution < 1.29 is 14.1 Å². The lowest BCUT2D eigenvalue weighted by molar-refractivity contribution is -0.736. The maximum absolute atomic E-state index is 12.6. The van der Waals surface area contributed by atoms with Crippen LogP contribution in [-0.4, -0.2) is 30.4 Å². The summed E-state index contributed by atoms with van der Waals surface area (Å²) < 4.78 is -0.0600. The first-order chi connectivity index (χ1) is 17.4. The number of nitrogens with zero attached hydrogens (tertiary/aromatic N) is 1. The van der Waals surface area contributed by atoms with Gasteiger partial charge in [-0.15, -0.1) is 0 Å². The zero-order valence-electron chi connectivity index (χ0n) is 25.9. The van der Waals surface area contributed by atoms with E-state index >= 15 is 0 Å². The van der Waals surface area contributed by atoms with Crippen LogP contribution in [0.15, 0.2) is 0 Å². The number of hydrogen-bond donors (Lipinski definition) is 0. The molecule has 0 bridgehead atoms. The molecule has 216 valence electrons. The maximum Gasteiger partial charge on any atom is 0.320 e. The van der Waals surface area contributed by atoms with Gasteiger partial charge in [0.15, 0.2) is 0 Å². The second-order valence-electron chi connectivity index (χ2n) is 11.5. The third kappa shape index (κ3) is 25.0. The molecular weight excluding hydrogens is 442 g/mol. The molecule has 0 radical (unpaired) electrons. The van der Waals surface area contributed by atoms with Crippen molar-refractivity contribution in [2.45, 2.75) is 188 Å². The molecule has 0 rings (SSSR count). The molecule has 0 unspecified atom stereocenters. The molecule has 0 saturated carbocycles. The van der Waals surface area contributed by atoms with E-state index in [0.29, 0.717) is 12.8 Å². The molecule has 0 heterocycles. The zero-order chi connectivity index (χ0) is 27.3. The lowest BCUT2D eigenvalue weighted by atomic mass is 10.0. The van der Waals surface area contributed by atoms with Crippen LogP contribution in [-0.2, 0) is 9.59 Å². The van der Waals surface area contributed by atoms with E-state index in [0.717, 1.165) is 25.7 Å².